The van der Waals surface area contributed by atoms with Crippen LogP contribution in [0, 0.1) is 0 Å². The Morgan fingerprint density at radius 3 is 3.09 bits per heavy atom. The average Bonchev–Trinajstić information content (AvgIpc) is 2.04. The van der Waals surface area contributed by atoms with Gasteiger partial charge in [0.15, 0.2) is 0 Å². The van der Waals surface area contributed by atoms with Crippen LogP contribution in [0.25, 0.3) is 0 Å². The summed E-state index contributed by atoms with van der Waals surface area (Å²) in [5.41, 5.74) is 1.50. The molecule has 1 nitrogen and oxygen atoms in total. The molecule has 0 radical (unpaired) electrons. The number of hydrogen-bond donors (Lipinski definition) is 0. The Kier molecular flexibility index (Phi) is 1.88. The number of benzene rings is 1. The lowest BCUT2D eigenvalue weighted by atomic mass is 10.1. The maximum absolute atomic E-state index is 2.28. The minimum Gasteiger partial charge on any atom is -0.249 e. The Balaban J connectivity index is 2.34. The van der Waals surface area contributed by atoms with Gasteiger partial charge in [0.2, 0.25) is 0 Å². The number of rotatable bonds is 0. The van der Waals surface area contributed by atoms with Gasteiger partial charge in [-0.15, -0.1) is 0 Å². The summed E-state index contributed by atoms with van der Waals surface area (Å²) >= 11 is 1.85. The van der Waals surface area contributed by atoms with Crippen molar-refractivity contribution >= 4 is 11.9 Å². The normalized spacial score (nSPS) is 17.9. The minimum atomic E-state index is 1.17. The van der Waals surface area contributed by atoms with Crippen LogP contribution in [0.2, 0.25) is 0 Å². The molecule has 0 saturated carbocycles. The molecular weight excluding hydrogens is 154 g/mol. The van der Waals surface area contributed by atoms with Gasteiger partial charge in [-0.25, -0.2) is 4.31 Å². The summed E-state index contributed by atoms with van der Waals surface area (Å²) in [6.07, 6.45) is 1.19. The molecule has 0 saturated heterocycles. The van der Waals surface area contributed by atoms with Crippen molar-refractivity contribution in [2.45, 2.75) is 11.3 Å². The summed E-state index contributed by atoms with van der Waals surface area (Å²) in [5, 5.41) is 0. The molecule has 11 heavy (non-hydrogen) atoms. The summed E-state index contributed by atoms with van der Waals surface area (Å²) in [7, 11) is 2.14. The van der Waals surface area contributed by atoms with Crippen LogP contribution >= 0.6 is 11.9 Å². The van der Waals surface area contributed by atoms with Crippen molar-refractivity contribution in [1.29, 1.82) is 0 Å². The Morgan fingerprint density at radius 2 is 2.18 bits per heavy atom. The van der Waals surface area contributed by atoms with Gasteiger partial charge in [0, 0.05) is 11.4 Å². The number of nitrogens with zero attached hydrogens (tertiary/aromatic N) is 1. The second-order valence-corrected chi connectivity index (χ2v) is 4.05. The highest BCUT2D eigenvalue weighted by Crippen LogP contribution is 2.29. The predicted octanol–water partition coefficient (Wildman–Crippen LogP) is 2.18. The van der Waals surface area contributed by atoms with Gasteiger partial charge in [0.25, 0.3) is 0 Å². The highest BCUT2D eigenvalue weighted by atomic mass is 32.2. The van der Waals surface area contributed by atoms with Gasteiger partial charge in [0.05, 0.1) is 0 Å². The molecule has 1 aromatic carbocycles. The third kappa shape index (κ3) is 1.42. The van der Waals surface area contributed by atoms with Gasteiger partial charge in [-0.3, -0.25) is 0 Å². The van der Waals surface area contributed by atoms with Crippen LogP contribution in [-0.2, 0) is 6.42 Å². The minimum absolute atomic E-state index is 1.17. The first-order valence-electron chi connectivity index (χ1n) is 3.83. The molecule has 0 aromatic heterocycles. The van der Waals surface area contributed by atoms with Crippen molar-refractivity contribution in [3.8, 4) is 0 Å². The highest BCUT2D eigenvalue weighted by Gasteiger charge is 2.11. The molecule has 2 rings (SSSR count). The molecule has 1 heterocycles. The van der Waals surface area contributed by atoms with E-state index in [1.54, 1.807) is 0 Å². The molecule has 0 spiro atoms. The van der Waals surface area contributed by atoms with Crippen LogP contribution < -0.4 is 0 Å². The van der Waals surface area contributed by atoms with Crippen LogP contribution in [0.4, 0.5) is 0 Å². The van der Waals surface area contributed by atoms with Crippen molar-refractivity contribution in [3.05, 3.63) is 29.8 Å². The van der Waals surface area contributed by atoms with Crippen LogP contribution in [-0.4, -0.2) is 17.9 Å². The molecule has 1 aliphatic rings. The molecule has 0 aliphatic carbocycles. The van der Waals surface area contributed by atoms with E-state index >= 15 is 0 Å². The number of hydrogen-bond acceptors (Lipinski definition) is 2. The predicted molar refractivity (Wildman–Crippen MR) is 48.6 cm³/mol. The summed E-state index contributed by atoms with van der Waals surface area (Å²) < 4.78 is 2.28. The maximum atomic E-state index is 2.28. The van der Waals surface area contributed by atoms with Gasteiger partial charge in [-0.1, -0.05) is 18.2 Å². The molecule has 2 heteroatoms. The van der Waals surface area contributed by atoms with Crippen LogP contribution in [0.1, 0.15) is 5.56 Å². The lowest BCUT2D eigenvalue weighted by Gasteiger charge is -2.22. The van der Waals surface area contributed by atoms with Gasteiger partial charge in [-0.2, -0.15) is 0 Å². The first-order valence-corrected chi connectivity index (χ1v) is 4.60. The smallest absolute Gasteiger partial charge is 0.0262 e. The molecule has 0 N–H and O–H groups in total. The second kappa shape index (κ2) is 2.88. The molecule has 58 valence electrons. The van der Waals surface area contributed by atoms with Gasteiger partial charge >= 0.3 is 0 Å². The molecule has 0 unspecified atom stereocenters. The van der Waals surface area contributed by atoms with Crippen molar-refractivity contribution in [1.82, 2.24) is 4.31 Å². The topological polar surface area (TPSA) is 3.24 Å². The molecule has 1 aromatic rings. The lowest BCUT2D eigenvalue weighted by molar-refractivity contribution is 0.552. The average molecular weight is 165 g/mol. The fraction of sp³-hybridized carbons (Fsp3) is 0.333. The highest BCUT2D eigenvalue weighted by molar-refractivity contribution is 7.97. The Hall–Kier alpha value is -0.470. The zero-order chi connectivity index (χ0) is 7.68. The fourth-order valence-corrected chi connectivity index (χ4v) is 2.24. The molecule has 0 amide bonds. The van der Waals surface area contributed by atoms with E-state index in [4.69, 9.17) is 0 Å². The van der Waals surface area contributed by atoms with Crippen molar-refractivity contribution in [2.75, 3.05) is 13.6 Å². The van der Waals surface area contributed by atoms with Crippen molar-refractivity contribution < 1.29 is 0 Å². The summed E-state index contributed by atoms with van der Waals surface area (Å²) in [5.74, 6) is 0. The zero-order valence-electron chi connectivity index (χ0n) is 6.58. The largest absolute Gasteiger partial charge is 0.249 e. The number of likely N-dealkylation sites (N-methyl/N-ethyl adjacent to an activating group) is 1. The molecule has 0 fully saturated rings. The van der Waals surface area contributed by atoms with Crippen molar-refractivity contribution in [3.63, 3.8) is 0 Å². The maximum Gasteiger partial charge on any atom is 0.0262 e. The zero-order valence-corrected chi connectivity index (χ0v) is 7.40. The second-order valence-electron chi connectivity index (χ2n) is 2.80. The van der Waals surface area contributed by atoms with Crippen LogP contribution in [0.3, 0.4) is 0 Å². The Bertz CT molecular complexity index is 259. The first-order chi connectivity index (χ1) is 5.36. The lowest BCUT2D eigenvalue weighted by Crippen LogP contribution is -2.17. The quantitative estimate of drug-likeness (QED) is 0.542. The first kappa shape index (κ1) is 7.19. The van der Waals surface area contributed by atoms with E-state index in [1.807, 2.05) is 11.9 Å². The molecule has 0 bridgehead atoms. The molecule has 0 atom stereocenters. The van der Waals surface area contributed by atoms with Crippen LogP contribution in [0.5, 0.6) is 0 Å². The standard InChI is InChI=1S/C9H11NS/c1-10-7-6-8-4-2-3-5-9(8)11-10/h2-5H,6-7H2,1H3. The van der Waals surface area contributed by atoms with E-state index in [0.29, 0.717) is 0 Å². The summed E-state index contributed by atoms with van der Waals surface area (Å²) in [6, 6.07) is 8.63. The Morgan fingerprint density at radius 1 is 1.36 bits per heavy atom. The molecular formula is C9H11NS. The third-order valence-electron chi connectivity index (χ3n) is 1.92. The third-order valence-corrected chi connectivity index (χ3v) is 3.01. The SMILES string of the molecule is CN1CCc2ccccc2S1. The monoisotopic (exact) mass is 165 g/mol. The Labute approximate surface area is 71.5 Å². The van der Waals surface area contributed by atoms with Gasteiger partial charge < -0.3 is 0 Å². The number of fused-ring (bicyclic) bond motifs is 1. The van der Waals surface area contributed by atoms with E-state index in [-0.39, 0.29) is 0 Å². The van der Waals surface area contributed by atoms with E-state index in [0.717, 1.165) is 0 Å². The van der Waals surface area contributed by atoms with Crippen molar-refractivity contribution in [2.24, 2.45) is 0 Å². The van der Waals surface area contributed by atoms with E-state index < -0.39 is 0 Å². The van der Waals surface area contributed by atoms with Gasteiger partial charge in [0.1, 0.15) is 0 Å². The van der Waals surface area contributed by atoms with E-state index in [1.165, 1.54) is 23.4 Å². The summed E-state index contributed by atoms with van der Waals surface area (Å²) in [6.45, 7) is 1.17. The van der Waals surface area contributed by atoms with E-state index in [2.05, 4.69) is 35.6 Å². The fourth-order valence-electron chi connectivity index (χ4n) is 1.29. The molecule has 1 aliphatic heterocycles. The summed E-state index contributed by atoms with van der Waals surface area (Å²) in [4.78, 5) is 1.42. The van der Waals surface area contributed by atoms with Crippen LogP contribution in [0.15, 0.2) is 29.2 Å². The van der Waals surface area contributed by atoms with E-state index in [9.17, 15) is 0 Å². The van der Waals surface area contributed by atoms with Gasteiger partial charge in [-0.05, 0) is 37.0 Å².